The predicted octanol–water partition coefficient (Wildman–Crippen LogP) is 2.27. The highest BCUT2D eigenvalue weighted by molar-refractivity contribution is 6.37. The zero-order chi connectivity index (χ0) is 11.6. The number of hydrogen-bond acceptors (Lipinski definition) is 2. The van der Waals surface area contributed by atoms with E-state index in [1.807, 2.05) is 6.07 Å². The fourth-order valence-electron chi connectivity index (χ4n) is 1.76. The van der Waals surface area contributed by atoms with Crippen molar-refractivity contribution in [3.63, 3.8) is 0 Å². The van der Waals surface area contributed by atoms with Gasteiger partial charge in [-0.1, -0.05) is 55.6 Å². The lowest BCUT2D eigenvalue weighted by Crippen LogP contribution is -2.10. The van der Waals surface area contributed by atoms with Crippen LogP contribution in [0.4, 0.5) is 0 Å². The highest BCUT2D eigenvalue weighted by atomic mass is 16.5. The van der Waals surface area contributed by atoms with Gasteiger partial charge in [-0.3, -0.25) is 0 Å². The largest absolute Gasteiger partial charge is 0.394 e. The molecule has 0 saturated heterocycles. The zero-order valence-corrected chi connectivity index (χ0v) is 9.93. The SMILES string of the molecule is CCC([B]CCOCCO)c1ccccc1. The minimum Gasteiger partial charge on any atom is -0.394 e. The Balaban J connectivity index is 2.27. The number of hydrogen-bond donors (Lipinski definition) is 1. The molecule has 2 nitrogen and oxygen atoms in total. The van der Waals surface area contributed by atoms with Crippen molar-refractivity contribution >= 4 is 7.28 Å². The van der Waals surface area contributed by atoms with Crippen LogP contribution in [0.2, 0.25) is 6.32 Å². The molecule has 3 heteroatoms. The van der Waals surface area contributed by atoms with Gasteiger partial charge in [0.25, 0.3) is 0 Å². The Morgan fingerprint density at radius 2 is 2.00 bits per heavy atom. The van der Waals surface area contributed by atoms with Crippen molar-refractivity contribution in [2.45, 2.75) is 25.5 Å². The standard InChI is InChI=1S/C13H20BO2/c1-2-13(12-6-4-3-5-7-12)14-8-10-16-11-9-15/h3-7,13,15H,2,8-11H2,1H3. The van der Waals surface area contributed by atoms with Crippen LogP contribution in [0, 0.1) is 0 Å². The van der Waals surface area contributed by atoms with E-state index in [4.69, 9.17) is 9.84 Å². The molecule has 1 radical (unpaired) electrons. The fourth-order valence-corrected chi connectivity index (χ4v) is 1.76. The summed E-state index contributed by atoms with van der Waals surface area (Å²) in [5, 5.41) is 8.56. The van der Waals surface area contributed by atoms with Gasteiger partial charge in [-0.25, -0.2) is 0 Å². The van der Waals surface area contributed by atoms with Crippen LogP contribution in [0.25, 0.3) is 0 Å². The molecule has 1 aromatic carbocycles. The summed E-state index contributed by atoms with van der Waals surface area (Å²) >= 11 is 0. The Hall–Kier alpha value is -0.795. The molecule has 1 rings (SSSR count). The predicted molar refractivity (Wildman–Crippen MR) is 67.9 cm³/mol. The topological polar surface area (TPSA) is 29.5 Å². The summed E-state index contributed by atoms with van der Waals surface area (Å²) in [6.07, 6.45) is 2.05. The summed E-state index contributed by atoms with van der Waals surface area (Å²) in [5.74, 6) is 0.513. The molecule has 1 aromatic rings. The summed E-state index contributed by atoms with van der Waals surface area (Å²) in [6.45, 7) is 3.44. The highest BCUT2D eigenvalue weighted by Crippen LogP contribution is 2.18. The van der Waals surface area contributed by atoms with Gasteiger partial charge in [-0.2, -0.15) is 0 Å². The third kappa shape index (κ3) is 4.82. The fraction of sp³-hybridized carbons (Fsp3) is 0.538. The van der Waals surface area contributed by atoms with Gasteiger partial charge in [0.1, 0.15) is 7.28 Å². The minimum absolute atomic E-state index is 0.107. The van der Waals surface area contributed by atoms with Gasteiger partial charge in [0.15, 0.2) is 0 Å². The van der Waals surface area contributed by atoms with Crippen LogP contribution in [0.15, 0.2) is 30.3 Å². The summed E-state index contributed by atoms with van der Waals surface area (Å²) in [6, 6.07) is 10.5. The van der Waals surface area contributed by atoms with E-state index in [9.17, 15) is 0 Å². The molecule has 87 valence electrons. The third-order valence-corrected chi connectivity index (χ3v) is 2.62. The van der Waals surface area contributed by atoms with Gasteiger partial charge in [0, 0.05) is 6.61 Å². The smallest absolute Gasteiger partial charge is 0.122 e. The lowest BCUT2D eigenvalue weighted by atomic mass is 9.58. The Labute approximate surface area is 98.9 Å². The second-order valence-electron chi connectivity index (χ2n) is 3.79. The lowest BCUT2D eigenvalue weighted by molar-refractivity contribution is 0.101. The molecule has 0 aliphatic heterocycles. The van der Waals surface area contributed by atoms with Crippen molar-refractivity contribution in [2.75, 3.05) is 19.8 Å². The number of aliphatic hydroxyl groups is 1. The molecule has 1 atom stereocenters. The van der Waals surface area contributed by atoms with Crippen LogP contribution in [-0.2, 0) is 4.74 Å². The molecule has 1 unspecified atom stereocenters. The van der Waals surface area contributed by atoms with Crippen molar-refractivity contribution in [2.24, 2.45) is 0 Å². The Morgan fingerprint density at radius 1 is 1.25 bits per heavy atom. The van der Waals surface area contributed by atoms with Gasteiger partial charge in [0.2, 0.25) is 0 Å². The van der Waals surface area contributed by atoms with Gasteiger partial charge in [0.05, 0.1) is 13.2 Å². The van der Waals surface area contributed by atoms with E-state index in [0.29, 0.717) is 19.0 Å². The van der Waals surface area contributed by atoms with Crippen molar-refractivity contribution in [3.05, 3.63) is 35.9 Å². The van der Waals surface area contributed by atoms with Gasteiger partial charge in [-0.05, 0) is 5.82 Å². The molecular formula is C13H20BO2. The van der Waals surface area contributed by atoms with Crippen LogP contribution < -0.4 is 0 Å². The molecule has 0 amide bonds. The van der Waals surface area contributed by atoms with E-state index in [1.54, 1.807) is 0 Å². The van der Waals surface area contributed by atoms with Crippen LogP contribution in [0.5, 0.6) is 0 Å². The Morgan fingerprint density at radius 3 is 2.62 bits per heavy atom. The molecular weight excluding hydrogens is 199 g/mol. The second kappa shape index (κ2) is 8.37. The van der Waals surface area contributed by atoms with Gasteiger partial charge >= 0.3 is 0 Å². The number of aliphatic hydroxyl groups excluding tert-OH is 1. The van der Waals surface area contributed by atoms with Crippen molar-refractivity contribution in [3.8, 4) is 0 Å². The first kappa shape index (κ1) is 13.3. The lowest BCUT2D eigenvalue weighted by Gasteiger charge is -2.14. The summed E-state index contributed by atoms with van der Waals surface area (Å²) in [7, 11) is 2.30. The van der Waals surface area contributed by atoms with E-state index < -0.39 is 0 Å². The van der Waals surface area contributed by atoms with Crippen LogP contribution >= 0.6 is 0 Å². The van der Waals surface area contributed by atoms with Crippen LogP contribution in [0.1, 0.15) is 24.7 Å². The van der Waals surface area contributed by atoms with E-state index in [0.717, 1.165) is 12.7 Å². The molecule has 0 aromatic heterocycles. The first-order chi connectivity index (χ1) is 7.88. The van der Waals surface area contributed by atoms with Crippen LogP contribution in [0.3, 0.4) is 0 Å². The first-order valence-corrected chi connectivity index (χ1v) is 5.95. The van der Waals surface area contributed by atoms with E-state index >= 15 is 0 Å². The van der Waals surface area contributed by atoms with Crippen molar-refractivity contribution < 1.29 is 9.84 Å². The summed E-state index contributed by atoms with van der Waals surface area (Å²) in [5.41, 5.74) is 1.37. The quantitative estimate of drug-likeness (QED) is 0.536. The second-order valence-corrected chi connectivity index (χ2v) is 3.79. The molecule has 0 saturated carbocycles. The molecule has 0 bridgehead atoms. The molecule has 16 heavy (non-hydrogen) atoms. The number of benzene rings is 1. The third-order valence-electron chi connectivity index (χ3n) is 2.62. The monoisotopic (exact) mass is 219 g/mol. The Bertz CT molecular complexity index is 264. The first-order valence-electron chi connectivity index (χ1n) is 5.95. The molecule has 0 fully saturated rings. The minimum atomic E-state index is 0.107. The van der Waals surface area contributed by atoms with E-state index in [2.05, 4.69) is 38.5 Å². The molecule has 0 aliphatic rings. The zero-order valence-electron chi connectivity index (χ0n) is 9.93. The average molecular weight is 219 g/mol. The number of rotatable bonds is 8. The normalized spacial score (nSPS) is 12.4. The molecule has 0 aliphatic carbocycles. The maximum absolute atomic E-state index is 8.56. The number of ether oxygens (including phenoxy) is 1. The molecule has 0 heterocycles. The van der Waals surface area contributed by atoms with E-state index in [1.165, 1.54) is 5.56 Å². The van der Waals surface area contributed by atoms with Gasteiger partial charge < -0.3 is 9.84 Å². The maximum Gasteiger partial charge on any atom is 0.122 e. The summed E-state index contributed by atoms with van der Waals surface area (Å²) in [4.78, 5) is 0. The summed E-state index contributed by atoms with van der Waals surface area (Å²) < 4.78 is 5.23. The Kier molecular flexibility index (Phi) is 6.94. The maximum atomic E-state index is 8.56. The van der Waals surface area contributed by atoms with Crippen molar-refractivity contribution in [1.29, 1.82) is 0 Å². The average Bonchev–Trinajstić information content (AvgIpc) is 2.35. The molecule has 1 N–H and O–H groups in total. The molecule has 0 spiro atoms. The van der Waals surface area contributed by atoms with Gasteiger partial charge in [-0.15, -0.1) is 0 Å². The van der Waals surface area contributed by atoms with Crippen LogP contribution in [-0.4, -0.2) is 32.2 Å². The van der Waals surface area contributed by atoms with Crippen molar-refractivity contribution in [1.82, 2.24) is 0 Å². The van der Waals surface area contributed by atoms with E-state index in [-0.39, 0.29) is 6.61 Å². The highest BCUT2D eigenvalue weighted by Gasteiger charge is 2.09.